The highest BCUT2D eigenvalue weighted by atomic mass is 32.1. The van der Waals surface area contributed by atoms with Gasteiger partial charge < -0.3 is 20.1 Å². The lowest BCUT2D eigenvalue weighted by molar-refractivity contribution is -0.114. The fraction of sp³-hybridized carbons (Fsp3) is 0.185. The molecular weight excluding hydrogens is 456 g/mol. The number of rotatable bonds is 5. The van der Waals surface area contributed by atoms with Crippen LogP contribution in [0.15, 0.2) is 79.3 Å². The van der Waals surface area contributed by atoms with Crippen LogP contribution in [-0.4, -0.2) is 25.6 Å². The molecule has 1 fully saturated rings. The number of amides is 1. The molecule has 0 aliphatic carbocycles. The molecular formula is C27H26N6OS. The number of carbonyl (C=O) groups is 1. The molecule has 0 saturated carbocycles. The zero-order chi connectivity index (χ0) is 24.5. The Morgan fingerprint density at radius 3 is 2.49 bits per heavy atom. The number of aryl methyl sites for hydroxylation is 1. The second kappa shape index (κ2) is 9.31. The van der Waals surface area contributed by atoms with Crippen molar-refractivity contribution in [3.8, 4) is 5.69 Å². The molecule has 1 aromatic carbocycles. The van der Waals surface area contributed by atoms with E-state index in [-0.39, 0.29) is 18.0 Å². The third kappa shape index (κ3) is 4.28. The van der Waals surface area contributed by atoms with E-state index < -0.39 is 0 Å². The van der Waals surface area contributed by atoms with Gasteiger partial charge in [0.25, 0.3) is 0 Å². The van der Waals surface area contributed by atoms with Gasteiger partial charge >= 0.3 is 0 Å². The van der Waals surface area contributed by atoms with Crippen LogP contribution in [0.1, 0.15) is 41.7 Å². The molecule has 8 heteroatoms. The summed E-state index contributed by atoms with van der Waals surface area (Å²) >= 11 is 5.86. The van der Waals surface area contributed by atoms with Gasteiger partial charge in [0.2, 0.25) is 5.91 Å². The topological polar surface area (TPSA) is 75.1 Å². The van der Waals surface area contributed by atoms with E-state index in [9.17, 15) is 4.79 Å². The maximum absolute atomic E-state index is 11.5. The Balaban J connectivity index is 1.63. The Labute approximate surface area is 209 Å². The third-order valence-electron chi connectivity index (χ3n) is 6.26. The van der Waals surface area contributed by atoms with E-state index in [1.54, 1.807) is 12.4 Å². The summed E-state index contributed by atoms with van der Waals surface area (Å²) < 4.78 is 2.22. The van der Waals surface area contributed by atoms with Crippen molar-refractivity contribution >= 4 is 34.6 Å². The van der Waals surface area contributed by atoms with Crippen molar-refractivity contribution < 1.29 is 4.79 Å². The monoisotopic (exact) mass is 482 g/mol. The highest BCUT2D eigenvalue weighted by molar-refractivity contribution is 7.80. The molecule has 0 spiro atoms. The second-order valence-electron chi connectivity index (χ2n) is 8.60. The molecule has 1 amide bonds. The van der Waals surface area contributed by atoms with Crippen LogP contribution < -0.4 is 15.5 Å². The number of carbonyl (C=O) groups excluding carboxylic acids is 1. The lowest BCUT2D eigenvalue weighted by atomic mass is 9.96. The molecule has 176 valence electrons. The molecule has 2 atom stereocenters. The van der Waals surface area contributed by atoms with Crippen LogP contribution in [0.25, 0.3) is 5.69 Å². The zero-order valence-corrected chi connectivity index (χ0v) is 20.6. The van der Waals surface area contributed by atoms with Gasteiger partial charge in [0, 0.05) is 42.1 Å². The van der Waals surface area contributed by atoms with Gasteiger partial charge in [-0.25, -0.2) is 0 Å². The summed E-state index contributed by atoms with van der Waals surface area (Å²) in [4.78, 5) is 22.6. The number of nitrogens with one attached hydrogen (secondary N) is 2. The molecule has 1 aliphatic rings. The van der Waals surface area contributed by atoms with Crippen LogP contribution in [0.4, 0.5) is 11.4 Å². The second-order valence-corrected chi connectivity index (χ2v) is 8.98. The van der Waals surface area contributed by atoms with E-state index in [2.05, 4.69) is 56.0 Å². The molecule has 4 heterocycles. The third-order valence-corrected chi connectivity index (χ3v) is 6.57. The van der Waals surface area contributed by atoms with Crippen molar-refractivity contribution in [1.29, 1.82) is 0 Å². The van der Waals surface area contributed by atoms with E-state index in [1.807, 2.05) is 54.7 Å². The van der Waals surface area contributed by atoms with Crippen LogP contribution in [0.5, 0.6) is 0 Å². The quantitative estimate of drug-likeness (QED) is 0.389. The van der Waals surface area contributed by atoms with Crippen LogP contribution in [0.2, 0.25) is 0 Å². The molecule has 3 aromatic heterocycles. The Kier molecular flexibility index (Phi) is 6.05. The number of thiocarbonyl (C=S) groups is 1. The molecule has 0 unspecified atom stereocenters. The highest BCUT2D eigenvalue weighted by Crippen LogP contribution is 2.43. The number of hydrogen-bond acceptors (Lipinski definition) is 4. The van der Waals surface area contributed by atoms with Crippen molar-refractivity contribution in [2.75, 3.05) is 10.2 Å². The van der Waals surface area contributed by atoms with Crippen LogP contribution >= 0.6 is 12.2 Å². The first-order valence-corrected chi connectivity index (χ1v) is 11.8. The maximum atomic E-state index is 11.5. The van der Waals surface area contributed by atoms with Crippen molar-refractivity contribution in [3.05, 3.63) is 102 Å². The van der Waals surface area contributed by atoms with E-state index in [1.165, 1.54) is 6.92 Å². The summed E-state index contributed by atoms with van der Waals surface area (Å²) in [5, 5.41) is 6.97. The molecule has 5 rings (SSSR count). The minimum absolute atomic E-state index is 0.105. The van der Waals surface area contributed by atoms with E-state index in [0.717, 1.165) is 39.7 Å². The van der Waals surface area contributed by atoms with Crippen molar-refractivity contribution in [3.63, 3.8) is 0 Å². The predicted molar refractivity (Wildman–Crippen MR) is 142 cm³/mol. The van der Waals surface area contributed by atoms with Crippen molar-refractivity contribution in [2.45, 2.75) is 32.9 Å². The average molecular weight is 483 g/mol. The summed E-state index contributed by atoms with van der Waals surface area (Å²) in [6.45, 7) is 5.73. The Morgan fingerprint density at radius 2 is 1.83 bits per heavy atom. The number of aromatic nitrogens is 3. The van der Waals surface area contributed by atoms with E-state index >= 15 is 0 Å². The number of pyridine rings is 2. The van der Waals surface area contributed by atoms with Gasteiger partial charge in [-0.2, -0.15) is 0 Å². The van der Waals surface area contributed by atoms with E-state index in [4.69, 9.17) is 12.2 Å². The molecule has 4 aromatic rings. The Morgan fingerprint density at radius 1 is 1.03 bits per heavy atom. The predicted octanol–water partition coefficient (Wildman–Crippen LogP) is 5.02. The number of nitrogens with zero attached hydrogens (tertiary/aromatic N) is 4. The fourth-order valence-corrected chi connectivity index (χ4v) is 5.17. The molecule has 0 radical (unpaired) electrons. The van der Waals surface area contributed by atoms with E-state index in [0.29, 0.717) is 5.11 Å². The maximum Gasteiger partial charge on any atom is 0.221 e. The minimum atomic E-state index is -0.137. The van der Waals surface area contributed by atoms with Gasteiger partial charge in [0.15, 0.2) is 5.11 Å². The molecule has 2 N–H and O–H groups in total. The van der Waals surface area contributed by atoms with Gasteiger partial charge in [0.05, 0.1) is 29.7 Å². The summed E-state index contributed by atoms with van der Waals surface area (Å²) in [7, 11) is 0. The van der Waals surface area contributed by atoms with Crippen LogP contribution in [0, 0.1) is 13.8 Å². The molecule has 1 aliphatic heterocycles. The summed E-state index contributed by atoms with van der Waals surface area (Å²) in [6, 6.07) is 19.6. The van der Waals surface area contributed by atoms with Gasteiger partial charge in [-0.3, -0.25) is 14.8 Å². The summed E-state index contributed by atoms with van der Waals surface area (Å²) in [6.07, 6.45) is 5.46. The SMILES string of the molecule is CC(=O)Nc1ccc(N2C(=S)N[C@@H](c3ccccn3)[C@@H]2c2cc(C)n(-c3cccnc3)c2C)cc1. The first kappa shape index (κ1) is 22.7. The van der Waals surface area contributed by atoms with Crippen molar-refractivity contribution in [1.82, 2.24) is 19.9 Å². The van der Waals surface area contributed by atoms with Gasteiger partial charge in [-0.1, -0.05) is 6.07 Å². The fourth-order valence-electron chi connectivity index (χ4n) is 4.83. The normalized spacial score (nSPS) is 17.3. The number of hydrogen-bond donors (Lipinski definition) is 2. The standard InChI is InChI=1S/C27H26N6OS/c1-17-15-23(18(2)32(17)22-7-6-13-28-16-22)26-25(24-8-4-5-14-29-24)31-27(35)33(26)21-11-9-20(10-12-21)30-19(3)34/h4-16,25-26H,1-3H3,(H,30,34)(H,31,35)/t25-,26-/m0/s1. The number of benzene rings is 1. The lowest BCUT2D eigenvalue weighted by Crippen LogP contribution is -2.29. The first-order valence-electron chi connectivity index (χ1n) is 11.4. The van der Waals surface area contributed by atoms with Crippen LogP contribution in [-0.2, 0) is 4.79 Å². The lowest BCUT2D eigenvalue weighted by Gasteiger charge is -2.28. The molecule has 7 nitrogen and oxygen atoms in total. The zero-order valence-electron chi connectivity index (χ0n) is 19.8. The first-order chi connectivity index (χ1) is 16.9. The molecule has 35 heavy (non-hydrogen) atoms. The summed E-state index contributed by atoms with van der Waals surface area (Å²) in [5.41, 5.74) is 7.00. The Bertz CT molecular complexity index is 1370. The summed E-state index contributed by atoms with van der Waals surface area (Å²) in [5.74, 6) is -0.105. The largest absolute Gasteiger partial charge is 0.351 e. The minimum Gasteiger partial charge on any atom is -0.351 e. The van der Waals surface area contributed by atoms with Gasteiger partial charge in [0.1, 0.15) is 0 Å². The Hall–Kier alpha value is -4.04. The van der Waals surface area contributed by atoms with Crippen molar-refractivity contribution in [2.24, 2.45) is 0 Å². The highest BCUT2D eigenvalue weighted by Gasteiger charge is 2.42. The van der Waals surface area contributed by atoms with Gasteiger partial charge in [-0.05, 0) is 86.2 Å². The number of anilines is 2. The van der Waals surface area contributed by atoms with Crippen LogP contribution in [0.3, 0.4) is 0 Å². The molecule has 0 bridgehead atoms. The smallest absolute Gasteiger partial charge is 0.221 e. The average Bonchev–Trinajstić information content (AvgIpc) is 3.35. The van der Waals surface area contributed by atoms with Gasteiger partial charge in [-0.15, -0.1) is 0 Å². The molecule has 1 saturated heterocycles.